The van der Waals surface area contributed by atoms with Crippen molar-refractivity contribution in [3.8, 4) is 0 Å². The number of aryl methyl sites for hydroxylation is 1. The van der Waals surface area contributed by atoms with Crippen molar-refractivity contribution in [2.75, 3.05) is 24.7 Å². The number of aromatic nitrogens is 4. The Bertz CT molecular complexity index is 1380. The first-order valence-corrected chi connectivity index (χ1v) is 12.1. The largest absolute Gasteiger partial charge is 0.433 e. The third-order valence-electron chi connectivity index (χ3n) is 6.94. The van der Waals surface area contributed by atoms with Gasteiger partial charge < -0.3 is 14.6 Å². The van der Waals surface area contributed by atoms with Crippen LogP contribution in [0, 0.1) is 0 Å². The average molecular weight is 554 g/mol. The number of amides is 1. The van der Waals surface area contributed by atoms with Crippen LogP contribution >= 0.6 is 0 Å². The molecule has 0 radical (unpaired) electrons. The molecule has 0 bridgehead atoms. The molecule has 2 aromatic heterocycles. The van der Waals surface area contributed by atoms with Crippen LogP contribution < -0.4 is 10.2 Å². The summed E-state index contributed by atoms with van der Waals surface area (Å²) in [6.07, 6.45) is -8.20. The minimum absolute atomic E-state index is 0.0104. The van der Waals surface area contributed by atoms with Crippen molar-refractivity contribution < 1.29 is 35.9 Å². The van der Waals surface area contributed by atoms with E-state index >= 15 is 0 Å². The fourth-order valence-electron chi connectivity index (χ4n) is 4.72. The fraction of sp³-hybridized carbons (Fsp3) is 0.440. The molecule has 2 aliphatic heterocycles. The highest BCUT2D eigenvalue weighted by molar-refractivity contribution is 6.09. The number of carbonyl (C=O) groups is 1. The molecule has 1 aromatic carbocycles. The maximum atomic E-state index is 13.6. The molecule has 0 saturated carbocycles. The molecule has 14 heteroatoms. The molecule has 0 atom stereocenters. The van der Waals surface area contributed by atoms with Gasteiger partial charge in [-0.15, -0.1) is 10.2 Å². The average Bonchev–Trinajstić information content (AvgIpc) is 3.40. The number of hydrogen-bond donors (Lipinski definition) is 1. The lowest BCUT2D eigenvalue weighted by Crippen LogP contribution is -2.49. The zero-order chi connectivity index (χ0) is 28.0. The van der Waals surface area contributed by atoms with Crippen molar-refractivity contribution in [2.24, 2.45) is 7.05 Å². The number of benzene rings is 1. The van der Waals surface area contributed by atoms with Crippen molar-refractivity contribution >= 4 is 11.7 Å². The molecule has 1 amide bonds. The highest BCUT2D eigenvalue weighted by atomic mass is 19.4. The molecule has 4 heterocycles. The molecule has 39 heavy (non-hydrogen) atoms. The van der Waals surface area contributed by atoms with Crippen LogP contribution in [0.3, 0.4) is 0 Å². The molecular weight excluding hydrogens is 530 g/mol. The summed E-state index contributed by atoms with van der Waals surface area (Å²) >= 11 is 0. The van der Waals surface area contributed by atoms with Gasteiger partial charge in [0, 0.05) is 37.5 Å². The summed E-state index contributed by atoms with van der Waals surface area (Å²) < 4.78 is 85.4. The van der Waals surface area contributed by atoms with Crippen LogP contribution in [0.1, 0.15) is 45.0 Å². The number of hydrogen-bond acceptors (Lipinski definition) is 6. The van der Waals surface area contributed by atoms with E-state index in [0.717, 1.165) is 22.4 Å². The predicted octanol–water partition coefficient (Wildman–Crippen LogP) is 3.94. The Morgan fingerprint density at radius 3 is 2.49 bits per heavy atom. The maximum Gasteiger partial charge on any atom is 0.433 e. The zero-order valence-corrected chi connectivity index (χ0v) is 20.7. The Morgan fingerprint density at radius 1 is 1.10 bits per heavy atom. The third-order valence-corrected chi connectivity index (χ3v) is 6.94. The van der Waals surface area contributed by atoms with E-state index in [1.54, 1.807) is 23.0 Å². The summed E-state index contributed by atoms with van der Waals surface area (Å²) in [6.45, 7) is 0.126. The second kappa shape index (κ2) is 9.90. The van der Waals surface area contributed by atoms with E-state index < -0.39 is 42.3 Å². The Hall–Kier alpha value is -3.52. The van der Waals surface area contributed by atoms with E-state index in [9.17, 15) is 31.1 Å². The smallest absolute Gasteiger partial charge is 0.379 e. The van der Waals surface area contributed by atoms with Gasteiger partial charge in [0.1, 0.15) is 23.7 Å². The summed E-state index contributed by atoms with van der Waals surface area (Å²) in [7, 11) is 1.83. The summed E-state index contributed by atoms with van der Waals surface area (Å²) in [5.41, 5.74) is 0.229. The molecule has 0 unspecified atom stereocenters. The molecule has 1 saturated heterocycles. The van der Waals surface area contributed by atoms with Gasteiger partial charge in [-0.2, -0.15) is 26.3 Å². The van der Waals surface area contributed by atoms with Crippen molar-refractivity contribution in [3.05, 3.63) is 70.4 Å². The van der Waals surface area contributed by atoms with Gasteiger partial charge in [-0.1, -0.05) is 12.1 Å². The lowest BCUT2D eigenvalue weighted by molar-refractivity contribution is -0.141. The number of nitrogens with zero attached hydrogens (tertiary/aromatic N) is 5. The van der Waals surface area contributed by atoms with E-state index in [1.165, 1.54) is 6.07 Å². The van der Waals surface area contributed by atoms with Crippen LogP contribution in [-0.2, 0) is 42.9 Å². The number of fused-ring (bicyclic) bond motifs is 1. The molecule has 208 valence electrons. The van der Waals surface area contributed by atoms with Gasteiger partial charge in [0.15, 0.2) is 0 Å². The van der Waals surface area contributed by atoms with Crippen molar-refractivity contribution in [2.45, 2.75) is 43.7 Å². The molecule has 1 fully saturated rings. The number of halogens is 6. The first kappa shape index (κ1) is 27.1. The van der Waals surface area contributed by atoms with Crippen LogP contribution in [0.25, 0.3) is 0 Å². The highest BCUT2D eigenvalue weighted by Crippen LogP contribution is 2.39. The zero-order valence-electron chi connectivity index (χ0n) is 20.7. The highest BCUT2D eigenvalue weighted by Gasteiger charge is 2.43. The predicted molar refractivity (Wildman–Crippen MR) is 126 cm³/mol. The molecule has 5 rings (SSSR count). The van der Waals surface area contributed by atoms with E-state index in [4.69, 9.17) is 4.74 Å². The topological polar surface area (TPSA) is 85.2 Å². The molecule has 0 aliphatic carbocycles. The molecule has 2 aliphatic rings. The third kappa shape index (κ3) is 5.62. The first-order valence-electron chi connectivity index (χ1n) is 12.1. The van der Waals surface area contributed by atoms with E-state index in [-0.39, 0.29) is 24.5 Å². The van der Waals surface area contributed by atoms with Crippen molar-refractivity contribution in [1.29, 1.82) is 0 Å². The van der Waals surface area contributed by atoms with Gasteiger partial charge in [-0.25, -0.2) is 4.98 Å². The quantitative estimate of drug-likeness (QED) is 0.336. The Labute approximate surface area is 219 Å². The van der Waals surface area contributed by atoms with E-state index in [2.05, 4.69) is 20.5 Å². The second-order valence-electron chi connectivity index (χ2n) is 9.83. The van der Waals surface area contributed by atoms with Crippen molar-refractivity contribution in [3.63, 3.8) is 0 Å². The van der Waals surface area contributed by atoms with Crippen molar-refractivity contribution in [1.82, 2.24) is 25.1 Å². The van der Waals surface area contributed by atoms with Gasteiger partial charge in [0.2, 0.25) is 0 Å². The summed E-state index contributed by atoms with van der Waals surface area (Å²) in [5, 5.41) is 10.6. The van der Waals surface area contributed by atoms with Gasteiger partial charge in [-0.05, 0) is 34.9 Å². The number of rotatable bonds is 8. The molecule has 3 aromatic rings. The fourth-order valence-corrected chi connectivity index (χ4v) is 4.72. The molecule has 0 spiro atoms. The van der Waals surface area contributed by atoms with E-state index in [1.807, 2.05) is 13.1 Å². The van der Waals surface area contributed by atoms with Gasteiger partial charge >= 0.3 is 12.4 Å². The Balaban J connectivity index is 1.40. The number of pyridine rings is 1. The molecule has 8 nitrogen and oxygen atoms in total. The Kier molecular flexibility index (Phi) is 6.87. The number of anilines is 1. The second-order valence-corrected chi connectivity index (χ2v) is 9.83. The van der Waals surface area contributed by atoms with Crippen LogP contribution in [-0.4, -0.2) is 51.6 Å². The van der Waals surface area contributed by atoms with Crippen LogP contribution in [0.15, 0.2) is 36.7 Å². The maximum absolute atomic E-state index is 13.6. The van der Waals surface area contributed by atoms with Gasteiger partial charge in [0.25, 0.3) is 5.91 Å². The molecular formula is C25H24F6N6O2. The molecule has 1 N–H and O–H groups in total. The minimum atomic E-state index is -4.81. The summed E-state index contributed by atoms with van der Waals surface area (Å²) in [5.74, 6) is 0.0148. The Morgan fingerprint density at radius 2 is 1.87 bits per heavy atom. The number of alkyl halides is 6. The van der Waals surface area contributed by atoms with Gasteiger partial charge in [0.05, 0.1) is 26.2 Å². The van der Waals surface area contributed by atoms with E-state index in [0.29, 0.717) is 30.8 Å². The number of nitrogens with one attached hydrogen (secondary N) is 1. The SMILES string of the molecule is Cn1cnnc1CC1(c2ccc3c(c2)C(=O)N(c2cc(CNCCC(F)(F)F)cc(C(F)(F)F)n2)C3)COC1. The number of ether oxygens (including phenoxy) is 1. The van der Waals surface area contributed by atoms with Gasteiger partial charge in [-0.3, -0.25) is 9.69 Å². The minimum Gasteiger partial charge on any atom is -0.379 e. The number of carbonyl (C=O) groups excluding carboxylic acids is 1. The van der Waals surface area contributed by atoms with Crippen LogP contribution in [0.5, 0.6) is 0 Å². The normalized spacial score (nSPS) is 16.9. The standard InChI is InChI=1S/C25H24F6N6O2/c1-36-14-33-35-21(36)9-23(12-39-13-23)17-3-2-16-11-37(22(38)18(16)8-17)20-7-15(6-19(34-20)25(29,30)31)10-32-5-4-24(26,27)28/h2-3,6-8,14,32H,4-5,9-13H2,1H3. The first-order chi connectivity index (χ1) is 18.3. The monoisotopic (exact) mass is 554 g/mol. The van der Waals surface area contributed by atoms with Crippen LogP contribution in [0.2, 0.25) is 0 Å². The van der Waals surface area contributed by atoms with Crippen LogP contribution in [0.4, 0.5) is 32.2 Å². The lowest BCUT2D eigenvalue weighted by Gasteiger charge is -2.41. The lowest BCUT2D eigenvalue weighted by atomic mass is 9.75. The summed E-state index contributed by atoms with van der Waals surface area (Å²) in [4.78, 5) is 18.2. The summed E-state index contributed by atoms with van der Waals surface area (Å²) in [6, 6.07) is 7.44.